The van der Waals surface area contributed by atoms with Gasteiger partial charge < -0.3 is 9.72 Å². The summed E-state index contributed by atoms with van der Waals surface area (Å²) in [4.78, 5) is 18.6. The van der Waals surface area contributed by atoms with Crippen LogP contribution >= 0.6 is 0 Å². The van der Waals surface area contributed by atoms with Crippen molar-refractivity contribution < 1.29 is 4.74 Å². The van der Waals surface area contributed by atoms with Crippen molar-refractivity contribution in [3.63, 3.8) is 0 Å². The van der Waals surface area contributed by atoms with Crippen LogP contribution < -0.4 is 10.3 Å². The van der Waals surface area contributed by atoms with E-state index >= 15 is 0 Å². The molecule has 0 saturated carbocycles. The molecule has 2 aromatic heterocycles. The number of hydrogen-bond donors (Lipinski definition) is 1. The molecule has 5 aromatic rings. The lowest BCUT2D eigenvalue weighted by molar-refractivity contribution is 0.160. The first kappa shape index (κ1) is 26.3. The van der Waals surface area contributed by atoms with Gasteiger partial charge in [0.25, 0.3) is 5.56 Å². The SMILES string of the molecule is CC[C@@H](c1nnnn1CCc1ccccc1)N(Cc1ccc(OC)cc1)Cc1cc2cccc(C)c2[nH]c1=O. The van der Waals surface area contributed by atoms with Crippen molar-refractivity contribution in [3.8, 4) is 5.75 Å². The van der Waals surface area contributed by atoms with Gasteiger partial charge in [-0.3, -0.25) is 9.69 Å². The number of pyridine rings is 1. The Labute approximate surface area is 228 Å². The van der Waals surface area contributed by atoms with Crippen LogP contribution in [0, 0.1) is 6.92 Å². The van der Waals surface area contributed by atoms with Crippen molar-refractivity contribution in [3.05, 3.63) is 117 Å². The summed E-state index contributed by atoms with van der Waals surface area (Å²) in [6.07, 6.45) is 1.62. The summed E-state index contributed by atoms with van der Waals surface area (Å²) in [6.45, 7) is 5.90. The summed E-state index contributed by atoms with van der Waals surface area (Å²) in [6, 6.07) is 26.4. The molecule has 1 N–H and O–H groups in total. The zero-order valence-corrected chi connectivity index (χ0v) is 22.7. The second-order valence-electron chi connectivity index (χ2n) is 9.84. The van der Waals surface area contributed by atoms with Gasteiger partial charge in [0.15, 0.2) is 5.82 Å². The fraction of sp³-hybridized carbons (Fsp3) is 0.290. The van der Waals surface area contributed by atoms with Crippen LogP contribution in [0.15, 0.2) is 83.7 Å². The Balaban J connectivity index is 1.48. The summed E-state index contributed by atoms with van der Waals surface area (Å²) in [5.74, 6) is 1.61. The van der Waals surface area contributed by atoms with Gasteiger partial charge >= 0.3 is 0 Å². The van der Waals surface area contributed by atoms with E-state index in [2.05, 4.69) is 56.6 Å². The molecule has 200 valence electrons. The Morgan fingerprint density at radius 2 is 1.77 bits per heavy atom. The monoisotopic (exact) mass is 522 g/mol. The Kier molecular flexibility index (Phi) is 8.13. The maximum absolute atomic E-state index is 13.2. The Hall–Kier alpha value is -4.30. The third-order valence-electron chi connectivity index (χ3n) is 7.22. The second-order valence-corrected chi connectivity index (χ2v) is 9.84. The van der Waals surface area contributed by atoms with Gasteiger partial charge in [-0.1, -0.05) is 67.6 Å². The lowest BCUT2D eigenvalue weighted by atomic mass is 10.1. The number of rotatable bonds is 11. The highest BCUT2D eigenvalue weighted by molar-refractivity contribution is 5.81. The number of nitrogens with zero attached hydrogens (tertiary/aromatic N) is 5. The molecule has 5 rings (SSSR count). The first-order valence-corrected chi connectivity index (χ1v) is 13.3. The number of methoxy groups -OCH3 is 1. The Morgan fingerprint density at radius 3 is 2.51 bits per heavy atom. The quantitative estimate of drug-likeness (QED) is 0.256. The van der Waals surface area contributed by atoms with Crippen LogP contribution in [0.1, 0.15) is 47.5 Å². The summed E-state index contributed by atoms with van der Waals surface area (Å²) < 4.78 is 7.25. The van der Waals surface area contributed by atoms with Crippen LogP contribution in [-0.2, 0) is 26.1 Å². The highest BCUT2D eigenvalue weighted by Crippen LogP contribution is 2.27. The number of para-hydroxylation sites is 1. The van der Waals surface area contributed by atoms with Crippen LogP contribution in [0.2, 0.25) is 0 Å². The molecule has 0 spiro atoms. The number of fused-ring (bicyclic) bond motifs is 1. The summed E-state index contributed by atoms with van der Waals surface area (Å²) >= 11 is 0. The maximum Gasteiger partial charge on any atom is 0.252 e. The van der Waals surface area contributed by atoms with Gasteiger partial charge in [0.1, 0.15) is 5.75 Å². The van der Waals surface area contributed by atoms with Crippen LogP contribution in [-0.4, -0.2) is 37.2 Å². The minimum Gasteiger partial charge on any atom is -0.497 e. The predicted octanol–water partition coefficient (Wildman–Crippen LogP) is 5.23. The lowest BCUT2D eigenvalue weighted by Crippen LogP contribution is -2.32. The first-order chi connectivity index (χ1) is 19.1. The fourth-order valence-corrected chi connectivity index (χ4v) is 5.10. The van der Waals surface area contributed by atoms with Crippen LogP contribution in [0.3, 0.4) is 0 Å². The van der Waals surface area contributed by atoms with Crippen molar-refractivity contribution in [2.75, 3.05) is 7.11 Å². The fourth-order valence-electron chi connectivity index (χ4n) is 5.10. The molecule has 0 radical (unpaired) electrons. The number of aromatic nitrogens is 5. The van der Waals surface area contributed by atoms with E-state index in [0.717, 1.165) is 46.4 Å². The van der Waals surface area contributed by atoms with Crippen molar-refractivity contribution >= 4 is 10.9 Å². The van der Waals surface area contributed by atoms with E-state index in [1.807, 2.05) is 66.2 Å². The van der Waals surface area contributed by atoms with Gasteiger partial charge in [-0.2, -0.15) is 0 Å². The van der Waals surface area contributed by atoms with E-state index in [-0.39, 0.29) is 11.6 Å². The van der Waals surface area contributed by atoms with Gasteiger partial charge in [-0.25, -0.2) is 4.68 Å². The molecule has 39 heavy (non-hydrogen) atoms. The number of H-pyrrole nitrogens is 1. The highest BCUT2D eigenvalue weighted by atomic mass is 16.5. The molecule has 3 aromatic carbocycles. The normalized spacial score (nSPS) is 12.2. The molecule has 0 aliphatic carbocycles. The zero-order chi connectivity index (χ0) is 27.2. The lowest BCUT2D eigenvalue weighted by Gasteiger charge is -2.30. The highest BCUT2D eigenvalue weighted by Gasteiger charge is 2.26. The van der Waals surface area contributed by atoms with Crippen LogP contribution in [0.25, 0.3) is 10.9 Å². The number of aromatic amines is 1. The van der Waals surface area contributed by atoms with E-state index in [1.165, 1.54) is 5.56 Å². The van der Waals surface area contributed by atoms with E-state index in [1.54, 1.807) is 7.11 Å². The molecular formula is C31H34N6O2. The number of tetrazole rings is 1. The maximum atomic E-state index is 13.2. The molecule has 0 amide bonds. The van der Waals surface area contributed by atoms with Crippen molar-refractivity contribution in [2.24, 2.45) is 0 Å². The third-order valence-corrected chi connectivity index (χ3v) is 7.22. The summed E-state index contributed by atoms with van der Waals surface area (Å²) in [5.41, 5.74) is 4.92. The molecule has 1 atom stereocenters. The Bertz CT molecular complexity index is 1580. The number of aryl methyl sites for hydroxylation is 3. The van der Waals surface area contributed by atoms with E-state index < -0.39 is 0 Å². The molecule has 8 heteroatoms. The van der Waals surface area contributed by atoms with Crippen LogP contribution in [0.5, 0.6) is 5.75 Å². The molecule has 0 saturated heterocycles. The zero-order valence-electron chi connectivity index (χ0n) is 22.7. The minimum absolute atomic E-state index is 0.0740. The van der Waals surface area contributed by atoms with E-state index in [4.69, 9.17) is 4.74 Å². The second kappa shape index (κ2) is 12.0. The smallest absolute Gasteiger partial charge is 0.252 e. The van der Waals surface area contributed by atoms with Crippen molar-refractivity contribution in [2.45, 2.75) is 52.4 Å². The molecule has 0 aliphatic rings. The average Bonchev–Trinajstić information content (AvgIpc) is 3.42. The van der Waals surface area contributed by atoms with Crippen LogP contribution in [0.4, 0.5) is 0 Å². The number of hydrogen-bond acceptors (Lipinski definition) is 6. The molecule has 0 unspecified atom stereocenters. The minimum atomic E-state index is -0.0921. The molecular weight excluding hydrogens is 488 g/mol. The number of ether oxygens (including phenoxy) is 1. The van der Waals surface area contributed by atoms with Gasteiger partial charge in [0, 0.05) is 25.2 Å². The van der Waals surface area contributed by atoms with Gasteiger partial charge in [-0.05, 0) is 70.5 Å². The van der Waals surface area contributed by atoms with Gasteiger partial charge in [0.05, 0.1) is 18.7 Å². The van der Waals surface area contributed by atoms with Crippen molar-refractivity contribution in [1.29, 1.82) is 0 Å². The molecule has 0 fully saturated rings. The Morgan fingerprint density at radius 1 is 0.974 bits per heavy atom. The standard InChI is InChI=1S/C31H34N6O2/c1-4-28(30-33-34-35-37(30)18-17-23-10-6-5-7-11-23)36(20-24-13-15-27(39-3)16-14-24)21-26-19-25-12-8-9-22(2)29(25)32-31(26)38/h5-16,19,28H,4,17-18,20-21H2,1-3H3,(H,32,38)/t28-/m0/s1. The topological polar surface area (TPSA) is 88.9 Å². The average molecular weight is 523 g/mol. The molecule has 0 aliphatic heterocycles. The summed E-state index contributed by atoms with van der Waals surface area (Å²) in [7, 11) is 1.66. The summed E-state index contributed by atoms with van der Waals surface area (Å²) in [5, 5.41) is 13.9. The number of benzene rings is 3. The van der Waals surface area contributed by atoms with E-state index in [0.29, 0.717) is 25.2 Å². The largest absolute Gasteiger partial charge is 0.497 e. The molecule has 2 heterocycles. The van der Waals surface area contributed by atoms with Crippen molar-refractivity contribution in [1.82, 2.24) is 30.1 Å². The predicted molar refractivity (Wildman–Crippen MR) is 153 cm³/mol. The van der Waals surface area contributed by atoms with Gasteiger partial charge in [-0.15, -0.1) is 5.10 Å². The molecule has 8 nitrogen and oxygen atoms in total. The first-order valence-electron chi connectivity index (χ1n) is 13.3. The number of nitrogens with one attached hydrogen (secondary N) is 1. The van der Waals surface area contributed by atoms with E-state index in [9.17, 15) is 4.79 Å². The third kappa shape index (κ3) is 6.07. The molecule has 0 bridgehead atoms. The van der Waals surface area contributed by atoms with Gasteiger partial charge in [0.2, 0.25) is 0 Å².